The summed E-state index contributed by atoms with van der Waals surface area (Å²) < 4.78 is 1.83. The van der Waals surface area contributed by atoms with Gasteiger partial charge in [0, 0.05) is 24.0 Å². The Labute approximate surface area is 156 Å². The highest BCUT2D eigenvalue weighted by Crippen LogP contribution is 2.25. The van der Waals surface area contributed by atoms with Crippen LogP contribution >= 0.6 is 11.6 Å². The number of hydrogen-bond acceptors (Lipinski definition) is 3. The topological polar surface area (TPSA) is 56.1 Å². The van der Waals surface area contributed by atoms with E-state index in [2.05, 4.69) is 10.3 Å². The Morgan fingerprint density at radius 1 is 1.27 bits per heavy atom. The summed E-state index contributed by atoms with van der Waals surface area (Å²) in [5.41, 5.74) is 2.49. The molecule has 0 bridgehead atoms. The number of nitrogens with one attached hydrogen (secondary N) is 1. The third kappa shape index (κ3) is 3.53. The minimum absolute atomic E-state index is 0.123. The highest BCUT2D eigenvalue weighted by atomic mass is 35.5. The molecule has 0 radical (unpaired) electrons. The number of hydrogen-bond donors (Lipinski definition) is 1. The van der Waals surface area contributed by atoms with Gasteiger partial charge in [0.25, 0.3) is 0 Å². The number of nitrogens with zero attached hydrogens (tertiary/aromatic N) is 2. The van der Waals surface area contributed by atoms with Crippen LogP contribution in [0.25, 0.3) is 10.9 Å². The van der Waals surface area contributed by atoms with E-state index in [0.29, 0.717) is 10.7 Å². The van der Waals surface area contributed by atoms with Crippen LogP contribution in [0, 0.1) is 0 Å². The molecule has 1 amide bonds. The maximum Gasteiger partial charge on any atom is 0.228 e. The summed E-state index contributed by atoms with van der Waals surface area (Å²) >= 11 is 6.06. The molecule has 0 saturated heterocycles. The molecular weight excluding hydrogens is 350 g/mol. The molecule has 4 rings (SSSR count). The zero-order chi connectivity index (χ0) is 17.9. The van der Waals surface area contributed by atoms with E-state index in [1.807, 2.05) is 35.2 Å². The number of carbonyl (C=O) groups is 1. The lowest BCUT2D eigenvalue weighted by molar-refractivity contribution is -0.115. The first-order chi connectivity index (χ1) is 12.7. The van der Waals surface area contributed by atoms with Crippen LogP contribution in [-0.4, -0.2) is 21.7 Å². The zero-order valence-corrected chi connectivity index (χ0v) is 15.1. The minimum Gasteiger partial charge on any atom is -0.411 e. The Morgan fingerprint density at radius 3 is 2.88 bits per heavy atom. The number of pyridine rings is 1. The maximum atomic E-state index is 12.5. The van der Waals surface area contributed by atoms with Crippen LogP contribution in [0.4, 0.5) is 5.69 Å². The second-order valence-electron chi connectivity index (χ2n) is 6.59. The summed E-state index contributed by atoms with van der Waals surface area (Å²) in [5.74, 6) is -0.123. The normalized spacial score (nSPS) is 14.7. The van der Waals surface area contributed by atoms with Crippen molar-refractivity contribution in [2.24, 2.45) is 0 Å². The second kappa shape index (κ2) is 7.38. The van der Waals surface area contributed by atoms with Crippen LogP contribution in [0.3, 0.4) is 0 Å². The van der Waals surface area contributed by atoms with Gasteiger partial charge in [-0.3, -0.25) is 9.78 Å². The number of amides is 1. The van der Waals surface area contributed by atoms with Crippen LogP contribution in [0.2, 0.25) is 5.02 Å². The van der Waals surface area contributed by atoms with Gasteiger partial charge in [0.15, 0.2) is 0 Å². The Kier molecular flexibility index (Phi) is 4.80. The molecule has 134 valence electrons. The number of para-hydroxylation sites is 1. The van der Waals surface area contributed by atoms with E-state index in [9.17, 15) is 4.79 Å². The molecule has 0 atom stereocenters. The largest absolute Gasteiger partial charge is 0.411 e. The average molecular weight is 370 g/mol. The van der Waals surface area contributed by atoms with Gasteiger partial charge in [0.2, 0.25) is 5.91 Å². The molecule has 5 nitrogen and oxygen atoms in total. The molecule has 3 aromatic rings. The van der Waals surface area contributed by atoms with Crippen molar-refractivity contribution in [2.45, 2.75) is 38.2 Å². The van der Waals surface area contributed by atoms with Crippen molar-refractivity contribution in [1.29, 1.82) is 0 Å². The van der Waals surface area contributed by atoms with Gasteiger partial charge in [-0.15, -0.1) is 0 Å². The van der Waals surface area contributed by atoms with Gasteiger partial charge < -0.3 is 10.2 Å². The van der Waals surface area contributed by atoms with Gasteiger partial charge in [-0.1, -0.05) is 29.8 Å². The summed E-state index contributed by atoms with van der Waals surface area (Å²) in [6, 6.07) is 9.69. The Bertz CT molecular complexity index is 932. The Balaban J connectivity index is 1.56. The number of rotatable bonds is 5. The summed E-state index contributed by atoms with van der Waals surface area (Å²) in [5, 5.41) is 4.30. The fourth-order valence-electron chi connectivity index (χ4n) is 3.44. The van der Waals surface area contributed by atoms with Crippen LogP contribution in [0.1, 0.15) is 31.2 Å². The average Bonchev–Trinajstić information content (AvgIpc) is 3.27. The van der Waals surface area contributed by atoms with Crippen LogP contribution < -0.4 is 10.2 Å². The highest BCUT2D eigenvalue weighted by molar-refractivity contribution is 6.33. The molecule has 2 aromatic heterocycles. The second-order valence-corrected chi connectivity index (χ2v) is 7.00. The number of carbonyl (C=O) groups excluding carboxylic acids is 1. The molecule has 1 aromatic carbocycles. The fraction of sp³-hybridized carbons (Fsp3) is 0.300. The van der Waals surface area contributed by atoms with Gasteiger partial charge in [0.1, 0.15) is 6.10 Å². The smallest absolute Gasteiger partial charge is 0.228 e. The molecular formula is C20H20ClN3O2. The van der Waals surface area contributed by atoms with Crippen molar-refractivity contribution < 1.29 is 9.63 Å². The number of benzene rings is 1. The molecule has 6 heteroatoms. The van der Waals surface area contributed by atoms with Crippen molar-refractivity contribution in [2.75, 3.05) is 5.32 Å². The predicted molar refractivity (Wildman–Crippen MR) is 102 cm³/mol. The summed E-state index contributed by atoms with van der Waals surface area (Å²) in [6.07, 6.45) is 10.1. The highest BCUT2D eigenvalue weighted by Gasteiger charge is 2.19. The van der Waals surface area contributed by atoms with E-state index in [4.69, 9.17) is 16.4 Å². The van der Waals surface area contributed by atoms with E-state index < -0.39 is 0 Å². The van der Waals surface area contributed by atoms with Crippen molar-refractivity contribution in [3.63, 3.8) is 0 Å². The first-order valence-electron chi connectivity index (χ1n) is 8.86. The molecule has 0 spiro atoms. The van der Waals surface area contributed by atoms with Crippen LogP contribution in [-0.2, 0) is 11.2 Å². The lowest BCUT2D eigenvalue weighted by atomic mass is 10.1. The first kappa shape index (κ1) is 16.9. The zero-order valence-electron chi connectivity index (χ0n) is 14.3. The monoisotopic (exact) mass is 369 g/mol. The van der Waals surface area contributed by atoms with E-state index in [-0.39, 0.29) is 18.4 Å². The Hall–Kier alpha value is -2.53. The van der Waals surface area contributed by atoms with Gasteiger partial charge in [-0.25, -0.2) is 0 Å². The molecule has 0 aliphatic heterocycles. The number of anilines is 1. The van der Waals surface area contributed by atoms with E-state index >= 15 is 0 Å². The van der Waals surface area contributed by atoms with Crippen molar-refractivity contribution in [3.8, 4) is 0 Å². The lowest BCUT2D eigenvalue weighted by Gasteiger charge is -2.14. The van der Waals surface area contributed by atoms with E-state index in [1.165, 1.54) is 19.0 Å². The van der Waals surface area contributed by atoms with Gasteiger partial charge in [-0.05, 0) is 43.4 Å². The van der Waals surface area contributed by atoms with E-state index in [1.54, 1.807) is 12.3 Å². The third-order valence-electron chi connectivity index (χ3n) is 4.72. The molecule has 1 fully saturated rings. The molecule has 1 saturated carbocycles. The maximum absolute atomic E-state index is 12.5. The molecule has 26 heavy (non-hydrogen) atoms. The Morgan fingerprint density at radius 2 is 2.08 bits per heavy atom. The number of aromatic nitrogens is 2. The van der Waals surface area contributed by atoms with E-state index in [0.717, 1.165) is 29.3 Å². The summed E-state index contributed by atoms with van der Waals surface area (Å²) in [6.45, 7) is 0. The molecule has 1 aliphatic rings. The number of halogens is 1. The van der Waals surface area contributed by atoms with Gasteiger partial charge in [0.05, 0.1) is 22.6 Å². The molecule has 1 N–H and O–H groups in total. The molecule has 0 unspecified atom stereocenters. The predicted octanol–water partition coefficient (Wildman–Crippen LogP) is 4.24. The number of fused-ring (bicyclic) bond motifs is 1. The van der Waals surface area contributed by atoms with Crippen molar-refractivity contribution >= 4 is 34.1 Å². The van der Waals surface area contributed by atoms with Gasteiger partial charge >= 0.3 is 0 Å². The SMILES string of the molecule is O=C(Cc1cn(OC2CCCC2)c2ccccc12)Nc1ccncc1Cl. The van der Waals surface area contributed by atoms with Crippen molar-refractivity contribution in [1.82, 2.24) is 9.71 Å². The lowest BCUT2D eigenvalue weighted by Crippen LogP contribution is -2.21. The third-order valence-corrected chi connectivity index (χ3v) is 5.02. The van der Waals surface area contributed by atoms with Crippen LogP contribution in [0.5, 0.6) is 0 Å². The molecule has 1 aliphatic carbocycles. The minimum atomic E-state index is -0.123. The standard InChI is InChI=1S/C20H20ClN3O2/c21-17-12-22-10-9-18(17)23-20(25)11-14-13-24(26-15-5-1-2-6-15)19-8-4-3-7-16(14)19/h3-4,7-10,12-13,15H,1-2,5-6,11H2,(H,22,23,25). The summed E-state index contributed by atoms with van der Waals surface area (Å²) in [7, 11) is 0. The summed E-state index contributed by atoms with van der Waals surface area (Å²) in [4.78, 5) is 22.6. The first-order valence-corrected chi connectivity index (χ1v) is 9.24. The fourth-order valence-corrected chi connectivity index (χ4v) is 3.61. The van der Waals surface area contributed by atoms with Gasteiger partial charge in [-0.2, -0.15) is 4.73 Å². The molecule has 2 heterocycles. The quantitative estimate of drug-likeness (QED) is 0.731. The van der Waals surface area contributed by atoms with Crippen molar-refractivity contribution in [3.05, 3.63) is 59.5 Å². The van der Waals surface area contributed by atoms with Crippen LogP contribution in [0.15, 0.2) is 48.9 Å².